The van der Waals surface area contributed by atoms with Gasteiger partial charge >= 0.3 is 0 Å². The standard InChI is InChI=1S/C15H19N5O/c1-3-9-16-14-11-18-20-15(19-14)17-10-8-12-4-6-13(21-2)7-5-12/h3-7,11H,1,8-10H2,2H3,(H2,16,17,19,20). The molecule has 1 heterocycles. The molecule has 6 nitrogen and oxygen atoms in total. The molecule has 0 spiro atoms. The normalized spacial score (nSPS) is 9.95. The average Bonchev–Trinajstić information content (AvgIpc) is 2.54. The smallest absolute Gasteiger partial charge is 0.244 e. The van der Waals surface area contributed by atoms with Crippen molar-refractivity contribution in [3.8, 4) is 5.75 Å². The van der Waals surface area contributed by atoms with Crippen molar-refractivity contribution in [1.29, 1.82) is 0 Å². The van der Waals surface area contributed by atoms with Crippen LogP contribution in [0.25, 0.3) is 0 Å². The minimum Gasteiger partial charge on any atom is -0.497 e. The van der Waals surface area contributed by atoms with Gasteiger partial charge in [-0.3, -0.25) is 0 Å². The number of hydrogen-bond donors (Lipinski definition) is 2. The molecule has 1 aromatic heterocycles. The van der Waals surface area contributed by atoms with Crippen LogP contribution >= 0.6 is 0 Å². The summed E-state index contributed by atoms with van der Waals surface area (Å²) in [4.78, 5) is 4.31. The molecule has 0 unspecified atom stereocenters. The van der Waals surface area contributed by atoms with E-state index in [4.69, 9.17) is 4.74 Å². The van der Waals surface area contributed by atoms with Gasteiger partial charge in [-0.2, -0.15) is 10.1 Å². The lowest BCUT2D eigenvalue weighted by Gasteiger charge is -2.07. The van der Waals surface area contributed by atoms with Gasteiger partial charge in [0.15, 0.2) is 5.82 Å². The van der Waals surface area contributed by atoms with Crippen LogP contribution in [0.3, 0.4) is 0 Å². The first kappa shape index (κ1) is 14.8. The molecule has 110 valence electrons. The van der Waals surface area contributed by atoms with Crippen molar-refractivity contribution in [3.63, 3.8) is 0 Å². The van der Waals surface area contributed by atoms with E-state index < -0.39 is 0 Å². The molecule has 2 aromatic rings. The van der Waals surface area contributed by atoms with E-state index in [1.165, 1.54) is 5.56 Å². The van der Waals surface area contributed by atoms with Crippen molar-refractivity contribution < 1.29 is 4.74 Å². The summed E-state index contributed by atoms with van der Waals surface area (Å²) in [6, 6.07) is 7.99. The molecule has 21 heavy (non-hydrogen) atoms. The zero-order chi connectivity index (χ0) is 14.9. The third-order valence-corrected chi connectivity index (χ3v) is 2.84. The predicted octanol–water partition coefficient (Wildman–Crippen LogP) is 2.13. The molecule has 6 heteroatoms. The van der Waals surface area contributed by atoms with Gasteiger partial charge in [0, 0.05) is 13.1 Å². The van der Waals surface area contributed by atoms with Crippen LogP contribution in [-0.4, -0.2) is 35.4 Å². The maximum Gasteiger partial charge on any atom is 0.244 e. The van der Waals surface area contributed by atoms with Gasteiger partial charge in [0.2, 0.25) is 5.95 Å². The van der Waals surface area contributed by atoms with Gasteiger partial charge in [0.25, 0.3) is 0 Å². The molecule has 0 atom stereocenters. The highest BCUT2D eigenvalue weighted by Gasteiger charge is 2.00. The first-order chi connectivity index (χ1) is 10.3. The molecule has 0 aliphatic rings. The molecular weight excluding hydrogens is 266 g/mol. The summed E-state index contributed by atoms with van der Waals surface area (Å²) in [5.41, 5.74) is 1.22. The van der Waals surface area contributed by atoms with Gasteiger partial charge in [-0.1, -0.05) is 18.2 Å². The number of hydrogen-bond acceptors (Lipinski definition) is 6. The second-order valence-electron chi connectivity index (χ2n) is 4.36. The van der Waals surface area contributed by atoms with Gasteiger partial charge < -0.3 is 15.4 Å². The van der Waals surface area contributed by atoms with Gasteiger partial charge in [0.05, 0.1) is 13.3 Å². The van der Waals surface area contributed by atoms with Crippen molar-refractivity contribution in [1.82, 2.24) is 15.2 Å². The van der Waals surface area contributed by atoms with Crippen LogP contribution in [0.1, 0.15) is 5.56 Å². The molecule has 0 aliphatic carbocycles. The minimum absolute atomic E-state index is 0.512. The Morgan fingerprint density at radius 1 is 1.24 bits per heavy atom. The minimum atomic E-state index is 0.512. The Labute approximate surface area is 124 Å². The van der Waals surface area contributed by atoms with E-state index in [9.17, 15) is 0 Å². The number of ether oxygens (including phenoxy) is 1. The topological polar surface area (TPSA) is 72.0 Å². The molecule has 0 radical (unpaired) electrons. The Kier molecular flexibility index (Phi) is 5.51. The van der Waals surface area contributed by atoms with Crippen LogP contribution in [0.2, 0.25) is 0 Å². The summed E-state index contributed by atoms with van der Waals surface area (Å²) in [6.45, 7) is 5.02. The number of methoxy groups -OCH3 is 1. The number of nitrogens with zero attached hydrogens (tertiary/aromatic N) is 3. The summed E-state index contributed by atoms with van der Waals surface area (Å²) in [5.74, 6) is 2.05. The van der Waals surface area contributed by atoms with Crippen LogP contribution in [0, 0.1) is 0 Å². The monoisotopic (exact) mass is 285 g/mol. The summed E-state index contributed by atoms with van der Waals surface area (Å²) in [7, 11) is 1.66. The lowest BCUT2D eigenvalue weighted by atomic mass is 10.1. The van der Waals surface area contributed by atoms with Crippen molar-refractivity contribution in [2.24, 2.45) is 0 Å². The maximum atomic E-state index is 5.13. The van der Waals surface area contributed by atoms with Crippen LogP contribution in [0.5, 0.6) is 5.75 Å². The van der Waals surface area contributed by atoms with Crippen molar-refractivity contribution >= 4 is 11.8 Å². The number of anilines is 2. The lowest BCUT2D eigenvalue weighted by molar-refractivity contribution is 0.414. The molecule has 0 aliphatic heterocycles. The zero-order valence-electron chi connectivity index (χ0n) is 12.0. The van der Waals surface area contributed by atoms with E-state index in [1.54, 1.807) is 19.4 Å². The molecule has 0 amide bonds. The van der Waals surface area contributed by atoms with Gasteiger partial charge in [-0.15, -0.1) is 11.7 Å². The first-order valence-corrected chi connectivity index (χ1v) is 6.73. The van der Waals surface area contributed by atoms with Crippen molar-refractivity contribution in [2.75, 3.05) is 30.8 Å². The second kappa shape index (κ2) is 7.84. The molecule has 0 saturated carbocycles. The van der Waals surface area contributed by atoms with Crippen molar-refractivity contribution in [3.05, 3.63) is 48.7 Å². The highest BCUT2D eigenvalue weighted by atomic mass is 16.5. The predicted molar refractivity (Wildman–Crippen MR) is 83.7 cm³/mol. The zero-order valence-corrected chi connectivity index (χ0v) is 12.0. The summed E-state index contributed by atoms with van der Waals surface area (Å²) in [6.07, 6.45) is 4.22. The fourth-order valence-corrected chi connectivity index (χ4v) is 1.75. The summed E-state index contributed by atoms with van der Waals surface area (Å²) in [5, 5.41) is 14.1. The van der Waals surface area contributed by atoms with E-state index in [0.29, 0.717) is 18.3 Å². The average molecular weight is 285 g/mol. The Bertz CT molecular complexity index is 571. The molecule has 0 bridgehead atoms. The fraction of sp³-hybridized carbons (Fsp3) is 0.267. The van der Waals surface area contributed by atoms with Gasteiger partial charge in [-0.25, -0.2) is 0 Å². The van der Waals surface area contributed by atoms with Crippen LogP contribution in [0.15, 0.2) is 43.1 Å². The molecule has 0 fully saturated rings. The summed E-state index contributed by atoms with van der Waals surface area (Å²) < 4.78 is 5.13. The number of benzene rings is 1. The maximum absolute atomic E-state index is 5.13. The van der Waals surface area contributed by atoms with E-state index in [-0.39, 0.29) is 0 Å². The van der Waals surface area contributed by atoms with Crippen LogP contribution in [0.4, 0.5) is 11.8 Å². The van der Waals surface area contributed by atoms with Crippen LogP contribution in [-0.2, 0) is 6.42 Å². The lowest BCUT2D eigenvalue weighted by Crippen LogP contribution is -2.10. The number of aromatic nitrogens is 3. The Balaban J connectivity index is 1.83. The van der Waals surface area contributed by atoms with E-state index in [1.807, 2.05) is 24.3 Å². The number of rotatable bonds is 8. The second-order valence-corrected chi connectivity index (χ2v) is 4.36. The third-order valence-electron chi connectivity index (χ3n) is 2.84. The quantitative estimate of drug-likeness (QED) is 0.724. The Hall–Kier alpha value is -2.63. The highest BCUT2D eigenvalue weighted by molar-refractivity contribution is 5.37. The van der Waals surface area contributed by atoms with E-state index >= 15 is 0 Å². The highest BCUT2D eigenvalue weighted by Crippen LogP contribution is 2.11. The first-order valence-electron chi connectivity index (χ1n) is 6.73. The van der Waals surface area contributed by atoms with E-state index in [2.05, 4.69) is 32.4 Å². The third kappa shape index (κ3) is 4.76. The number of nitrogens with one attached hydrogen (secondary N) is 2. The molecule has 2 N–H and O–H groups in total. The van der Waals surface area contributed by atoms with Crippen LogP contribution < -0.4 is 15.4 Å². The van der Waals surface area contributed by atoms with Gasteiger partial charge in [-0.05, 0) is 24.1 Å². The van der Waals surface area contributed by atoms with E-state index in [0.717, 1.165) is 18.7 Å². The Morgan fingerprint density at radius 2 is 2.05 bits per heavy atom. The summed E-state index contributed by atoms with van der Waals surface area (Å²) >= 11 is 0. The SMILES string of the molecule is C=CCNc1cnnc(NCCc2ccc(OC)cc2)n1. The fourth-order valence-electron chi connectivity index (χ4n) is 1.75. The Morgan fingerprint density at radius 3 is 2.76 bits per heavy atom. The molecular formula is C15H19N5O. The molecule has 2 rings (SSSR count). The van der Waals surface area contributed by atoms with Crippen molar-refractivity contribution in [2.45, 2.75) is 6.42 Å². The van der Waals surface area contributed by atoms with Gasteiger partial charge in [0.1, 0.15) is 5.75 Å². The molecule has 1 aromatic carbocycles. The molecule has 0 saturated heterocycles. The largest absolute Gasteiger partial charge is 0.497 e.